The van der Waals surface area contributed by atoms with Gasteiger partial charge in [0.2, 0.25) is 0 Å². The molecule has 60 valence electrons. The Bertz CT molecular complexity index is 204. The fraction of sp³-hybridized carbons (Fsp3) is 0.600. The van der Waals surface area contributed by atoms with Crippen LogP contribution in [0.4, 0.5) is 0 Å². The molecule has 0 aliphatic carbocycles. The van der Waals surface area contributed by atoms with Gasteiger partial charge < -0.3 is 0 Å². The molecule has 10 heavy (non-hydrogen) atoms. The molecule has 1 heterocycles. The van der Waals surface area contributed by atoms with Crippen molar-refractivity contribution in [3.8, 4) is 0 Å². The van der Waals surface area contributed by atoms with E-state index in [2.05, 4.69) is 21.3 Å². The fourth-order valence-electron chi connectivity index (χ4n) is 0.597. The van der Waals surface area contributed by atoms with Crippen molar-refractivity contribution in [3.63, 3.8) is 0 Å². The summed E-state index contributed by atoms with van der Waals surface area (Å²) in [6, 6.07) is 0. The Hall–Kier alpha value is 0.650. The molecular formula is C5H6AuNOS2. The van der Waals surface area contributed by atoms with Crippen molar-refractivity contribution in [2.75, 3.05) is 0 Å². The molecule has 1 saturated heterocycles. The van der Waals surface area contributed by atoms with Gasteiger partial charge in [-0.15, -0.1) is 0 Å². The summed E-state index contributed by atoms with van der Waals surface area (Å²) in [5, 5.41) is 0. The van der Waals surface area contributed by atoms with E-state index in [0.717, 1.165) is 0 Å². The molecule has 0 spiro atoms. The molecule has 1 aliphatic heterocycles. The van der Waals surface area contributed by atoms with Crippen molar-refractivity contribution >= 4 is 34.2 Å². The van der Waals surface area contributed by atoms with Crippen LogP contribution in [0.3, 0.4) is 0 Å². The van der Waals surface area contributed by atoms with Crippen LogP contribution in [-0.2, 0) is 26.1 Å². The van der Waals surface area contributed by atoms with E-state index in [9.17, 15) is 4.79 Å². The first kappa shape index (κ1) is 8.74. The number of amides is 1. The van der Waals surface area contributed by atoms with Gasteiger partial charge in [-0.05, 0) is 0 Å². The van der Waals surface area contributed by atoms with E-state index in [0.29, 0.717) is 4.32 Å². The Labute approximate surface area is 82.0 Å². The SMILES string of the molecule is CC1(C)SC(=S)[N]([Au])C1=O. The Morgan fingerprint density at radius 3 is 2.30 bits per heavy atom. The topological polar surface area (TPSA) is 20.3 Å². The number of hydrogen-bond donors (Lipinski definition) is 0. The number of hydrogen-bond acceptors (Lipinski definition) is 3. The molecule has 0 aromatic rings. The molecule has 1 rings (SSSR count). The molecule has 1 aliphatic rings. The second-order valence-corrected chi connectivity index (χ2v) is 5.66. The Morgan fingerprint density at radius 2 is 2.20 bits per heavy atom. The molecule has 0 aromatic heterocycles. The monoisotopic (exact) mass is 357 g/mol. The van der Waals surface area contributed by atoms with Crippen LogP contribution in [0.1, 0.15) is 13.8 Å². The zero-order chi connectivity index (χ0) is 7.94. The Kier molecular flexibility index (Phi) is 2.28. The third kappa shape index (κ3) is 1.31. The van der Waals surface area contributed by atoms with Gasteiger partial charge in [-0.2, -0.15) is 0 Å². The summed E-state index contributed by atoms with van der Waals surface area (Å²) in [6.45, 7) is 3.75. The molecule has 0 radical (unpaired) electrons. The summed E-state index contributed by atoms with van der Waals surface area (Å²) in [5.41, 5.74) is 0. The minimum atomic E-state index is -0.355. The number of thiocarbonyl (C=S) groups is 1. The predicted octanol–water partition coefficient (Wildman–Crippen LogP) is 1.09. The maximum atomic E-state index is 11.2. The van der Waals surface area contributed by atoms with Crippen LogP contribution in [0, 0.1) is 0 Å². The van der Waals surface area contributed by atoms with Gasteiger partial charge in [-0.3, -0.25) is 0 Å². The van der Waals surface area contributed by atoms with Crippen LogP contribution in [-0.4, -0.2) is 18.3 Å². The van der Waals surface area contributed by atoms with Crippen molar-refractivity contribution in [1.29, 1.82) is 0 Å². The predicted molar refractivity (Wildman–Crippen MR) is 41.1 cm³/mol. The van der Waals surface area contributed by atoms with Gasteiger partial charge in [0.15, 0.2) is 0 Å². The third-order valence-corrected chi connectivity index (χ3v) is 4.20. The van der Waals surface area contributed by atoms with Gasteiger partial charge in [0, 0.05) is 0 Å². The van der Waals surface area contributed by atoms with Gasteiger partial charge in [0.05, 0.1) is 0 Å². The average Bonchev–Trinajstić information content (AvgIpc) is 1.95. The number of carbonyl (C=O) groups excluding carboxylic acids is 1. The molecule has 0 N–H and O–H groups in total. The van der Waals surface area contributed by atoms with Crippen LogP contribution in [0.5, 0.6) is 0 Å². The molecule has 1 fully saturated rings. The first-order chi connectivity index (χ1) is 4.45. The van der Waals surface area contributed by atoms with E-state index >= 15 is 0 Å². The van der Waals surface area contributed by atoms with E-state index in [1.54, 1.807) is 0 Å². The maximum absolute atomic E-state index is 11.2. The zero-order valence-corrected chi connectivity index (χ0v) is 9.27. The third-order valence-electron chi connectivity index (χ3n) is 1.17. The van der Waals surface area contributed by atoms with Crippen molar-refractivity contribution in [2.24, 2.45) is 0 Å². The summed E-state index contributed by atoms with van der Waals surface area (Å²) < 4.78 is 1.77. The molecule has 1 amide bonds. The second-order valence-electron chi connectivity index (χ2n) is 2.43. The molecule has 0 atom stereocenters. The van der Waals surface area contributed by atoms with Gasteiger partial charge in [0.1, 0.15) is 0 Å². The van der Waals surface area contributed by atoms with E-state index in [1.165, 1.54) is 15.1 Å². The Morgan fingerprint density at radius 1 is 1.70 bits per heavy atom. The number of thioether (sulfide) groups is 1. The van der Waals surface area contributed by atoms with Crippen LogP contribution < -0.4 is 0 Å². The van der Waals surface area contributed by atoms with E-state index in [4.69, 9.17) is 12.2 Å². The van der Waals surface area contributed by atoms with E-state index < -0.39 is 0 Å². The number of nitrogens with zero attached hydrogens (tertiary/aromatic N) is 1. The first-order valence-electron chi connectivity index (χ1n) is 2.65. The standard InChI is InChI=1S/C5H7NOS2.Au/c1-5(2)3(7)6-4(8)9-5;/h1-2H3,(H,6,7,8);/q;+1/p-1. The van der Waals surface area contributed by atoms with E-state index in [-0.39, 0.29) is 10.7 Å². The summed E-state index contributed by atoms with van der Waals surface area (Å²) in [4.78, 5) is 11.2. The first-order valence-corrected chi connectivity index (χ1v) is 4.84. The number of rotatable bonds is 0. The fourth-order valence-corrected chi connectivity index (χ4v) is 3.14. The zero-order valence-electron chi connectivity index (χ0n) is 5.47. The number of carbonyl (C=O) groups is 1. The molecule has 0 unspecified atom stereocenters. The van der Waals surface area contributed by atoms with Crippen LogP contribution >= 0.6 is 24.0 Å². The van der Waals surface area contributed by atoms with Crippen LogP contribution in [0.2, 0.25) is 0 Å². The van der Waals surface area contributed by atoms with Crippen LogP contribution in [0.25, 0.3) is 0 Å². The normalized spacial score (nSPS) is 24.2. The van der Waals surface area contributed by atoms with E-state index in [1.807, 2.05) is 13.8 Å². The second kappa shape index (κ2) is 2.60. The Balaban J connectivity index is 2.92. The van der Waals surface area contributed by atoms with Crippen LogP contribution in [0.15, 0.2) is 0 Å². The average molecular weight is 357 g/mol. The van der Waals surface area contributed by atoms with Crippen molar-refractivity contribution in [2.45, 2.75) is 18.6 Å². The van der Waals surface area contributed by atoms with Crippen molar-refractivity contribution in [3.05, 3.63) is 0 Å². The molecule has 0 bridgehead atoms. The quantitative estimate of drug-likeness (QED) is 0.478. The van der Waals surface area contributed by atoms with Gasteiger partial charge >= 0.3 is 82.2 Å². The van der Waals surface area contributed by atoms with Crippen molar-refractivity contribution in [1.82, 2.24) is 3.30 Å². The molecule has 0 aromatic carbocycles. The summed E-state index contributed by atoms with van der Waals surface area (Å²) in [5.74, 6) is 0.0748. The van der Waals surface area contributed by atoms with Gasteiger partial charge in [-0.25, -0.2) is 0 Å². The summed E-state index contributed by atoms with van der Waals surface area (Å²) >= 11 is 8.47. The molecular weight excluding hydrogens is 351 g/mol. The summed E-state index contributed by atoms with van der Waals surface area (Å²) in [7, 11) is 0. The summed E-state index contributed by atoms with van der Waals surface area (Å²) in [6.07, 6.45) is 0. The van der Waals surface area contributed by atoms with Gasteiger partial charge in [0.25, 0.3) is 0 Å². The van der Waals surface area contributed by atoms with Crippen molar-refractivity contribution < 1.29 is 26.1 Å². The van der Waals surface area contributed by atoms with Gasteiger partial charge in [-0.1, -0.05) is 0 Å². The molecule has 5 heteroatoms. The molecule has 0 saturated carbocycles. The minimum absolute atomic E-state index is 0.0748. The molecule has 2 nitrogen and oxygen atoms in total.